The lowest BCUT2D eigenvalue weighted by Crippen LogP contribution is -1.96. The van der Waals surface area contributed by atoms with E-state index in [2.05, 4.69) is 0 Å². The molecule has 1 aromatic carbocycles. The summed E-state index contributed by atoms with van der Waals surface area (Å²) in [6, 6.07) is 3.91. The van der Waals surface area contributed by atoms with Crippen LogP contribution in [0, 0.1) is 0 Å². The molecule has 0 aliphatic heterocycles. The van der Waals surface area contributed by atoms with E-state index in [9.17, 15) is 0 Å². The van der Waals surface area contributed by atoms with Crippen molar-refractivity contribution in [2.75, 3.05) is 6.61 Å². The second-order valence-electron chi connectivity index (χ2n) is 3.71. The molecule has 0 aromatic heterocycles. The van der Waals surface area contributed by atoms with Gasteiger partial charge in [0.1, 0.15) is 0 Å². The molecular weight excluding hydrogens is 219 g/mol. The maximum Gasteiger partial charge on any atom is 0.0595 e. The predicted molar refractivity (Wildman–Crippen MR) is 59.2 cm³/mol. The third-order valence-corrected chi connectivity index (χ3v) is 3.58. The summed E-state index contributed by atoms with van der Waals surface area (Å²) in [6.07, 6.45) is 2.98. The van der Waals surface area contributed by atoms with Crippen molar-refractivity contribution in [1.29, 1.82) is 0 Å². The summed E-state index contributed by atoms with van der Waals surface area (Å²) in [5.74, 6) is 0.463. The molecule has 1 atom stereocenters. The zero-order chi connectivity index (χ0) is 10.1. The van der Waals surface area contributed by atoms with E-state index in [1.54, 1.807) is 0 Å². The lowest BCUT2D eigenvalue weighted by Gasteiger charge is -2.10. The molecule has 1 aromatic rings. The van der Waals surface area contributed by atoms with Crippen LogP contribution in [0.1, 0.15) is 29.9 Å². The lowest BCUT2D eigenvalue weighted by atomic mass is 9.98. The Hall–Kier alpha value is -0.240. The van der Waals surface area contributed by atoms with Gasteiger partial charge in [0.25, 0.3) is 0 Å². The van der Waals surface area contributed by atoms with Crippen molar-refractivity contribution in [1.82, 2.24) is 0 Å². The largest absolute Gasteiger partial charge is 0.396 e. The number of halogens is 2. The van der Waals surface area contributed by atoms with Crippen molar-refractivity contribution in [3.05, 3.63) is 33.3 Å². The maximum absolute atomic E-state index is 8.92. The highest BCUT2D eigenvalue weighted by Gasteiger charge is 2.23. The first-order valence-corrected chi connectivity index (χ1v) is 5.56. The van der Waals surface area contributed by atoms with Crippen molar-refractivity contribution in [2.45, 2.75) is 25.2 Å². The zero-order valence-electron chi connectivity index (χ0n) is 7.76. The summed E-state index contributed by atoms with van der Waals surface area (Å²) < 4.78 is 0. The standard InChI is InChI=1S/C11H12Cl2O/c12-10-5-8-2-1-7(3-4-14)9(8)6-11(10)13/h5-7,14H,1-4H2. The molecule has 76 valence electrons. The zero-order valence-corrected chi connectivity index (χ0v) is 9.28. The van der Waals surface area contributed by atoms with Crippen LogP contribution in [0.3, 0.4) is 0 Å². The summed E-state index contributed by atoms with van der Waals surface area (Å²) in [4.78, 5) is 0. The van der Waals surface area contributed by atoms with Crippen molar-refractivity contribution >= 4 is 23.2 Å². The Morgan fingerprint density at radius 2 is 2.00 bits per heavy atom. The Kier molecular flexibility index (Phi) is 3.01. The number of hydrogen-bond donors (Lipinski definition) is 1. The summed E-state index contributed by atoms with van der Waals surface area (Å²) in [7, 11) is 0. The van der Waals surface area contributed by atoms with Crippen molar-refractivity contribution < 1.29 is 5.11 Å². The Labute approximate surface area is 93.7 Å². The average Bonchev–Trinajstić information content (AvgIpc) is 2.51. The van der Waals surface area contributed by atoms with Crippen LogP contribution in [0.5, 0.6) is 0 Å². The molecule has 1 N–H and O–H groups in total. The Morgan fingerprint density at radius 3 is 2.71 bits per heavy atom. The molecule has 2 rings (SSSR count). The fraction of sp³-hybridized carbons (Fsp3) is 0.455. The van der Waals surface area contributed by atoms with Gasteiger partial charge in [-0.3, -0.25) is 0 Å². The third kappa shape index (κ3) is 1.77. The number of benzene rings is 1. The van der Waals surface area contributed by atoms with E-state index in [0.29, 0.717) is 16.0 Å². The molecule has 3 heteroatoms. The molecule has 0 radical (unpaired) electrons. The van der Waals surface area contributed by atoms with Crippen LogP contribution in [0.15, 0.2) is 12.1 Å². The van der Waals surface area contributed by atoms with E-state index < -0.39 is 0 Å². The molecule has 1 unspecified atom stereocenters. The summed E-state index contributed by atoms with van der Waals surface area (Å²) in [5, 5.41) is 10.2. The minimum atomic E-state index is 0.240. The van der Waals surface area contributed by atoms with Gasteiger partial charge < -0.3 is 5.11 Å². The van der Waals surface area contributed by atoms with Crippen LogP contribution >= 0.6 is 23.2 Å². The average molecular weight is 231 g/mol. The van der Waals surface area contributed by atoms with Gasteiger partial charge in [-0.15, -0.1) is 0 Å². The number of aryl methyl sites for hydroxylation is 1. The van der Waals surface area contributed by atoms with E-state index in [-0.39, 0.29) is 6.61 Å². The second-order valence-corrected chi connectivity index (χ2v) is 4.53. The highest BCUT2D eigenvalue weighted by Crippen LogP contribution is 2.39. The number of rotatable bonds is 2. The molecule has 0 spiro atoms. The first-order valence-electron chi connectivity index (χ1n) is 4.81. The first-order chi connectivity index (χ1) is 6.72. The third-order valence-electron chi connectivity index (χ3n) is 2.86. The van der Waals surface area contributed by atoms with Gasteiger partial charge in [-0.2, -0.15) is 0 Å². The monoisotopic (exact) mass is 230 g/mol. The van der Waals surface area contributed by atoms with Crippen molar-refractivity contribution in [3.8, 4) is 0 Å². The van der Waals surface area contributed by atoms with E-state index in [4.69, 9.17) is 28.3 Å². The predicted octanol–water partition coefficient (Wildman–Crippen LogP) is 3.41. The molecule has 1 aliphatic carbocycles. The summed E-state index contributed by atoms with van der Waals surface area (Å²) in [5.41, 5.74) is 2.56. The van der Waals surface area contributed by atoms with Crippen LogP contribution in [-0.4, -0.2) is 11.7 Å². The van der Waals surface area contributed by atoms with Gasteiger partial charge in [0.2, 0.25) is 0 Å². The Bertz CT molecular complexity index is 349. The van der Waals surface area contributed by atoms with Gasteiger partial charge in [-0.25, -0.2) is 0 Å². The van der Waals surface area contributed by atoms with E-state index in [1.165, 1.54) is 11.1 Å². The van der Waals surface area contributed by atoms with Gasteiger partial charge in [-0.05, 0) is 48.4 Å². The van der Waals surface area contributed by atoms with Crippen LogP contribution in [-0.2, 0) is 6.42 Å². The molecule has 14 heavy (non-hydrogen) atoms. The number of aliphatic hydroxyl groups excluding tert-OH is 1. The molecule has 0 saturated carbocycles. The smallest absolute Gasteiger partial charge is 0.0595 e. The van der Waals surface area contributed by atoms with Crippen LogP contribution in [0.25, 0.3) is 0 Å². The van der Waals surface area contributed by atoms with Gasteiger partial charge in [0.05, 0.1) is 10.0 Å². The number of hydrogen-bond acceptors (Lipinski definition) is 1. The van der Waals surface area contributed by atoms with Gasteiger partial charge in [-0.1, -0.05) is 23.2 Å². The molecule has 0 saturated heterocycles. The minimum absolute atomic E-state index is 0.240. The first kappa shape index (κ1) is 10.3. The summed E-state index contributed by atoms with van der Waals surface area (Å²) in [6.45, 7) is 0.240. The lowest BCUT2D eigenvalue weighted by molar-refractivity contribution is 0.275. The fourth-order valence-corrected chi connectivity index (χ4v) is 2.50. The molecule has 0 heterocycles. The number of aliphatic hydroxyl groups is 1. The van der Waals surface area contributed by atoms with Crippen LogP contribution in [0.4, 0.5) is 0 Å². The maximum atomic E-state index is 8.92. The highest BCUT2D eigenvalue weighted by atomic mass is 35.5. The molecule has 1 aliphatic rings. The molecule has 1 nitrogen and oxygen atoms in total. The topological polar surface area (TPSA) is 20.2 Å². The van der Waals surface area contributed by atoms with Gasteiger partial charge in [0.15, 0.2) is 0 Å². The van der Waals surface area contributed by atoms with Crippen molar-refractivity contribution in [2.24, 2.45) is 0 Å². The number of fused-ring (bicyclic) bond motifs is 1. The summed E-state index contributed by atoms with van der Waals surface area (Å²) >= 11 is 11.9. The van der Waals surface area contributed by atoms with E-state index in [0.717, 1.165) is 19.3 Å². The normalized spacial score (nSPS) is 19.8. The molecule has 0 amide bonds. The van der Waals surface area contributed by atoms with Crippen molar-refractivity contribution in [3.63, 3.8) is 0 Å². The van der Waals surface area contributed by atoms with Gasteiger partial charge in [0, 0.05) is 6.61 Å². The minimum Gasteiger partial charge on any atom is -0.396 e. The molecule has 0 bridgehead atoms. The van der Waals surface area contributed by atoms with Crippen LogP contribution < -0.4 is 0 Å². The highest BCUT2D eigenvalue weighted by molar-refractivity contribution is 6.42. The second kappa shape index (κ2) is 4.09. The van der Waals surface area contributed by atoms with Crippen LogP contribution in [0.2, 0.25) is 10.0 Å². The molecular formula is C11H12Cl2O. The molecule has 0 fully saturated rings. The fourth-order valence-electron chi connectivity index (χ4n) is 2.14. The van der Waals surface area contributed by atoms with E-state index >= 15 is 0 Å². The van der Waals surface area contributed by atoms with E-state index in [1.807, 2.05) is 12.1 Å². The SMILES string of the molecule is OCCC1CCc2cc(Cl)c(Cl)cc21. The quantitative estimate of drug-likeness (QED) is 0.826. The Morgan fingerprint density at radius 1 is 1.29 bits per heavy atom. The Balaban J connectivity index is 2.35. The van der Waals surface area contributed by atoms with Gasteiger partial charge >= 0.3 is 0 Å².